The largest absolute Gasteiger partial charge is 0.366 e. The van der Waals surface area contributed by atoms with E-state index >= 15 is 0 Å². The van der Waals surface area contributed by atoms with E-state index in [1.54, 1.807) is 34.1 Å². The van der Waals surface area contributed by atoms with E-state index in [0.29, 0.717) is 166 Å². The van der Waals surface area contributed by atoms with Gasteiger partial charge in [-0.2, -0.15) is 0 Å². The molecule has 0 saturated carbocycles. The normalized spacial score (nSPS) is 25.5. The van der Waals surface area contributed by atoms with Gasteiger partial charge in [-0.3, -0.25) is 53.3 Å². The molecule has 0 radical (unpaired) electrons. The highest BCUT2D eigenvalue weighted by Crippen LogP contribution is 2.41. The monoisotopic (exact) mass is 1200 g/mol. The van der Waals surface area contributed by atoms with Gasteiger partial charge in [-0.15, -0.1) is 0 Å². The number of H-pyrrole nitrogens is 2. The third-order valence-electron chi connectivity index (χ3n) is 18.8. The summed E-state index contributed by atoms with van der Waals surface area (Å²) in [7, 11) is 0. The van der Waals surface area contributed by atoms with E-state index in [4.69, 9.17) is 9.47 Å². The number of carbonyl (C=O) groups is 4. The van der Waals surface area contributed by atoms with E-state index in [1.165, 1.54) is 24.3 Å². The minimum Gasteiger partial charge on any atom is -0.366 e. The fraction of sp³-hybridized carbons (Fsp3) is 0.594. The van der Waals surface area contributed by atoms with Crippen molar-refractivity contribution in [3.63, 3.8) is 0 Å². The van der Waals surface area contributed by atoms with Gasteiger partial charge < -0.3 is 50.1 Å². The molecule has 5 fully saturated rings. The van der Waals surface area contributed by atoms with E-state index in [1.807, 2.05) is 44.7 Å². The van der Waals surface area contributed by atoms with E-state index in [9.17, 15) is 37.5 Å². The van der Waals surface area contributed by atoms with Crippen LogP contribution in [0.1, 0.15) is 75.2 Å². The first-order valence-electron chi connectivity index (χ1n) is 31.2. The first-order valence-corrected chi connectivity index (χ1v) is 31.2. The summed E-state index contributed by atoms with van der Waals surface area (Å²) in [5, 5.41) is 10.3. The standard InChI is InChI=1S/C64H87F2N13O8/c1-41-31-76(37-55(80)78-39-63(3,4)57-51(78)27-45(59(82)70-57)25-43-7-11-47(65)12-8-43)49(29-68-41)33-73-21-23-86-53(35-73)61(84)67-15-16-72-17-19-75(20-18-72)62(85)54-36-74(22-24-87-54)34-50-30-69-42(2)32-77(50)38-56(81)79-40-64(5,6)58-52(79)28-46(60(83)71-58)26-44-9-13-48(66)14-10-44/h7-14,27-28,41-42,49-50,53-54,68-69H,15-26,29-40H2,1-6H3,(H,67,84)(H,70,82)(H,71,83)/t41-,42-,49-,50-,53+,54+/m1/s1. The molecule has 7 aliphatic rings. The van der Waals surface area contributed by atoms with Crippen molar-refractivity contribution < 1.29 is 37.4 Å². The maximum Gasteiger partial charge on any atom is 0.253 e. The zero-order valence-corrected chi connectivity index (χ0v) is 51.3. The molecule has 2 aromatic heterocycles. The number of ether oxygens (including phenoxy) is 2. The molecule has 87 heavy (non-hydrogen) atoms. The number of halogens is 2. The number of benzene rings is 2. The van der Waals surface area contributed by atoms with Crippen LogP contribution in [0, 0.1) is 11.6 Å². The molecule has 5 N–H and O–H groups in total. The number of hydrogen-bond donors (Lipinski definition) is 5. The van der Waals surface area contributed by atoms with Gasteiger partial charge in [-0.05, 0) is 61.4 Å². The Labute approximate surface area is 508 Å². The van der Waals surface area contributed by atoms with Crippen LogP contribution < -0.4 is 36.9 Å². The highest BCUT2D eigenvalue weighted by molar-refractivity contribution is 5.98. The number of rotatable bonds is 17. The summed E-state index contributed by atoms with van der Waals surface area (Å²) in [6.45, 7) is 24.1. The Balaban J connectivity index is 0.620. The predicted molar refractivity (Wildman–Crippen MR) is 327 cm³/mol. The molecule has 9 heterocycles. The van der Waals surface area contributed by atoms with Crippen LogP contribution in [-0.2, 0) is 52.3 Å². The van der Waals surface area contributed by atoms with E-state index in [-0.39, 0.29) is 83.6 Å². The summed E-state index contributed by atoms with van der Waals surface area (Å²) < 4.78 is 39.5. The molecular formula is C64H87F2N13O8. The Morgan fingerprint density at radius 1 is 0.598 bits per heavy atom. The van der Waals surface area contributed by atoms with Crippen molar-refractivity contribution in [2.24, 2.45) is 0 Å². The number of amides is 4. The first-order chi connectivity index (χ1) is 41.6. The maximum atomic E-state index is 14.4. The Kier molecular flexibility index (Phi) is 18.9. The average Bonchev–Trinajstić information content (AvgIpc) is 1.72. The third-order valence-corrected chi connectivity index (χ3v) is 18.8. The minimum absolute atomic E-state index is 0.00160. The van der Waals surface area contributed by atoms with Gasteiger partial charge in [0.15, 0.2) is 0 Å². The minimum atomic E-state index is -0.641. The molecule has 0 spiro atoms. The van der Waals surface area contributed by atoms with Gasteiger partial charge in [-0.1, -0.05) is 52.0 Å². The van der Waals surface area contributed by atoms with Gasteiger partial charge in [0.2, 0.25) is 11.8 Å². The molecule has 23 heteroatoms. The van der Waals surface area contributed by atoms with Crippen molar-refractivity contribution in [3.8, 4) is 0 Å². The number of nitrogens with zero attached hydrogens (tertiary/aromatic N) is 8. The van der Waals surface area contributed by atoms with Crippen LogP contribution in [0.2, 0.25) is 0 Å². The summed E-state index contributed by atoms with van der Waals surface area (Å²) in [6.07, 6.45) is -0.623. The maximum absolute atomic E-state index is 14.4. The van der Waals surface area contributed by atoms with E-state index in [2.05, 4.69) is 64.3 Å². The highest BCUT2D eigenvalue weighted by atomic mass is 19.1. The predicted octanol–water partition coefficient (Wildman–Crippen LogP) is 1.46. The first kappa shape index (κ1) is 62.3. The summed E-state index contributed by atoms with van der Waals surface area (Å²) in [6, 6.07) is 16.2. The molecular weight excluding hydrogens is 1120 g/mol. The quantitative estimate of drug-likeness (QED) is 0.101. The smallest absolute Gasteiger partial charge is 0.253 e. The molecule has 4 amide bonds. The zero-order valence-electron chi connectivity index (χ0n) is 51.3. The van der Waals surface area contributed by atoms with Crippen molar-refractivity contribution in [2.75, 3.05) is 154 Å². The average molecular weight is 1200 g/mol. The van der Waals surface area contributed by atoms with E-state index in [0.717, 1.165) is 22.5 Å². The number of aromatic amines is 2. The number of anilines is 2. The van der Waals surface area contributed by atoms with Crippen LogP contribution >= 0.6 is 0 Å². The Morgan fingerprint density at radius 2 is 1.05 bits per heavy atom. The summed E-state index contributed by atoms with van der Waals surface area (Å²) in [5.74, 6) is -0.968. The number of piperazine rings is 3. The Hall–Kier alpha value is -6.28. The lowest BCUT2D eigenvalue weighted by Crippen LogP contribution is -2.62. The Bertz CT molecular complexity index is 3260. The Morgan fingerprint density at radius 3 is 1.52 bits per heavy atom. The summed E-state index contributed by atoms with van der Waals surface area (Å²) in [4.78, 5) is 106. The van der Waals surface area contributed by atoms with Crippen molar-refractivity contribution in [2.45, 2.75) is 102 Å². The molecule has 7 aliphatic heterocycles. The van der Waals surface area contributed by atoms with Gasteiger partial charge in [0.1, 0.15) is 23.8 Å². The number of fused-ring (bicyclic) bond motifs is 2. The molecule has 21 nitrogen and oxygen atoms in total. The number of pyridine rings is 2. The second kappa shape index (κ2) is 26.4. The van der Waals surface area contributed by atoms with Crippen molar-refractivity contribution in [3.05, 3.63) is 127 Å². The fourth-order valence-corrected chi connectivity index (χ4v) is 13.9. The zero-order chi connectivity index (χ0) is 61.3. The number of hydrogen-bond acceptors (Lipinski definition) is 15. The van der Waals surface area contributed by atoms with Gasteiger partial charge in [0.05, 0.1) is 37.7 Å². The van der Waals surface area contributed by atoms with Crippen LogP contribution in [0.3, 0.4) is 0 Å². The van der Waals surface area contributed by atoms with Gasteiger partial charge in [0.25, 0.3) is 22.9 Å². The fourth-order valence-electron chi connectivity index (χ4n) is 13.9. The molecule has 470 valence electrons. The third kappa shape index (κ3) is 14.6. The van der Waals surface area contributed by atoms with Gasteiger partial charge >= 0.3 is 0 Å². The lowest BCUT2D eigenvalue weighted by Gasteiger charge is -2.43. The molecule has 6 atom stereocenters. The molecule has 5 saturated heterocycles. The van der Waals surface area contributed by atoms with Crippen molar-refractivity contribution >= 4 is 35.0 Å². The van der Waals surface area contributed by atoms with Crippen LogP contribution in [0.25, 0.3) is 0 Å². The molecule has 0 unspecified atom stereocenters. The summed E-state index contributed by atoms with van der Waals surface area (Å²) in [5.41, 5.74) is 4.15. The second-order valence-corrected chi connectivity index (χ2v) is 26.6. The van der Waals surface area contributed by atoms with Crippen molar-refractivity contribution in [1.29, 1.82) is 0 Å². The topological polar surface area (TPSA) is 214 Å². The van der Waals surface area contributed by atoms with Crippen LogP contribution in [0.4, 0.5) is 20.2 Å². The highest BCUT2D eigenvalue weighted by Gasteiger charge is 2.44. The molecule has 0 bridgehead atoms. The van der Waals surface area contributed by atoms with Crippen LogP contribution in [0.5, 0.6) is 0 Å². The molecule has 2 aromatic carbocycles. The molecule has 0 aliphatic carbocycles. The molecule has 4 aromatic rings. The SMILES string of the molecule is C[C@@H]1CN(CC(=O)N2CC(C)(C)c3[nH]c(=O)c(Cc4ccc(F)cc4)cc32)[C@@H](CN2CCO[C@H](C(=O)NCCN3CCN(C(=O)[C@@H]4CN(C[C@H]5CN[C@H](C)CN5CC(=O)N5CC(C)(C)c6[nH]c(=O)c(Cc7ccc(F)cc7)cc65)CCO4)CC3)C2)CN1. The van der Waals surface area contributed by atoms with Crippen LogP contribution in [0.15, 0.2) is 70.3 Å². The van der Waals surface area contributed by atoms with Crippen LogP contribution in [-0.4, -0.2) is 243 Å². The van der Waals surface area contributed by atoms with Gasteiger partial charge in [0, 0.05) is 188 Å². The number of carbonyl (C=O) groups excluding carboxylic acids is 4. The van der Waals surface area contributed by atoms with Crippen molar-refractivity contribution in [1.82, 2.24) is 55.3 Å². The second-order valence-electron chi connectivity index (χ2n) is 26.6. The van der Waals surface area contributed by atoms with Gasteiger partial charge in [-0.25, -0.2) is 8.78 Å². The molecule has 11 rings (SSSR count). The number of morpholine rings is 2. The van der Waals surface area contributed by atoms with E-state index < -0.39 is 23.0 Å². The lowest BCUT2D eigenvalue weighted by molar-refractivity contribution is -0.151. The lowest BCUT2D eigenvalue weighted by atomic mass is 9.91. The summed E-state index contributed by atoms with van der Waals surface area (Å²) >= 11 is 0. The number of aromatic nitrogens is 2. The number of nitrogens with one attached hydrogen (secondary N) is 5.